The van der Waals surface area contributed by atoms with E-state index < -0.39 is 17.1 Å². The lowest BCUT2D eigenvalue weighted by Gasteiger charge is -2.12. The molecule has 1 aliphatic heterocycles. The monoisotopic (exact) mass is 403 g/mol. The van der Waals surface area contributed by atoms with Crippen LogP contribution in [0.1, 0.15) is 28.8 Å². The van der Waals surface area contributed by atoms with Crippen molar-refractivity contribution in [2.45, 2.75) is 13.5 Å². The number of ether oxygens (including phenoxy) is 3. The highest BCUT2D eigenvalue weighted by Crippen LogP contribution is 2.32. The summed E-state index contributed by atoms with van der Waals surface area (Å²) < 4.78 is 21.3. The molecular weight excluding hydrogens is 386 g/mol. The second-order valence-corrected chi connectivity index (χ2v) is 6.55. The van der Waals surface area contributed by atoms with Crippen LogP contribution in [0.5, 0.6) is 11.5 Å². The van der Waals surface area contributed by atoms with Gasteiger partial charge in [-0.15, -0.1) is 0 Å². The van der Waals surface area contributed by atoms with Crippen LogP contribution in [0, 0.1) is 0 Å². The number of furan rings is 1. The average molecular weight is 403 g/mol. The topological polar surface area (TPSA) is 104 Å². The molecule has 146 valence electrons. The highest BCUT2D eigenvalue weighted by molar-refractivity contribution is 8.18. The van der Waals surface area contributed by atoms with Crippen LogP contribution in [0.2, 0.25) is 0 Å². The molecule has 8 nitrogen and oxygen atoms in total. The van der Waals surface area contributed by atoms with Crippen molar-refractivity contribution in [1.82, 2.24) is 5.32 Å². The summed E-state index contributed by atoms with van der Waals surface area (Å²) >= 11 is 0.845. The number of carbonyl (C=O) groups excluding carboxylic acids is 3. The summed E-state index contributed by atoms with van der Waals surface area (Å²) in [5.41, 5.74) is 0.689. The van der Waals surface area contributed by atoms with Crippen molar-refractivity contribution in [2.24, 2.45) is 0 Å². The zero-order valence-corrected chi connectivity index (χ0v) is 16.0. The van der Waals surface area contributed by atoms with Gasteiger partial charge in [-0.2, -0.15) is 0 Å². The van der Waals surface area contributed by atoms with E-state index in [1.807, 2.05) is 6.92 Å². The van der Waals surface area contributed by atoms with Crippen molar-refractivity contribution >= 4 is 35.0 Å². The Balaban J connectivity index is 1.75. The summed E-state index contributed by atoms with van der Waals surface area (Å²) in [6, 6.07) is 8.28. The van der Waals surface area contributed by atoms with E-state index in [2.05, 4.69) is 10.1 Å². The standard InChI is InChI=1S/C19H17NO7S/c1-3-25-15-8-11(9-16-17(21)20-19(23)28-16)4-6-13(15)26-10-12-5-7-14(27-12)18(22)24-2/h4-9H,3,10H2,1-2H3,(H,20,21,23)/b16-9-. The van der Waals surface area contributed by atoms with Gasteiger partial charge in [-0.05, 0) is 54.6 Å². The molecule has 1 aromatic heterocycles. The normalized spacial score (nSPS) is 14.9. The first-order valence-corrected chi connectivity index (χ1v) is 9.13. The van der Waals surface area contributed by atoms with Crippen LogP contribution in [0.4, 0.5) is 4.79 Å². The highest BCUT2D eigenvalue weighted by atomic mass is 32.2. The van der Waals surface area contributed by atoms with E-state index in [4.69, 9.17) is 13.9 Å². The summed E-state index contributed by atoms with van der Waals surface area (Å²) in [5, 5.41) is 1.81. The number of amides is 2. The second kappa shape index (κ2) is 8.66. The Bertz CT molecular complexity index is 948. The van der Waals surface area contributed by atoms with Gasteiger partial charge in [0.15, 0.2) is 11.5 Å². The number of imide groups is 1. The Kier molecular flexibility index (Phi) is 6.05. The van der Waals surface area contributed by atoms with E-state index >= 15 is 0 Å². The largest absolute Gasteiger partial charge is 0.490 e. The van der Waals surface area contributed by atoms with Crippen molar-refractivity contribution in [3.63, 3.8) is 0 Å². The predicted molar refractivity (Wildman–Crippen MR) is 101 cm³/mol. The third-order valence-corrected chi connectivity index (χ3v) is 4.44. The number of nitrogens with one attached hydrogen (secondary N) is 1. The maximum atomic E-state index is 11.7. The molecule has 0 radical (unpaired) electrons. The van der Waals surface area contributed by atoms with Gasteiger partial charge in [0.05, 0.1) is 18.6 Å². The van der Waals surface area contributed by atoms with E-state index in [0.29, 0.717) is 34.3 Å². The van der Waals surface area contributed by atoms with Gasteiger partial charge >= 0.3 is 5.97 Å². The van der Waals surface area contributed by atoms with E-state index in [1.54, 1.807) is 30.3 Å². The van der Waals surface area contributed by atoms with Crippen LogP contribution < -0.4 is 14.8 Å². The molecule has 1 fully saturated rings. The molecule has 1 aliphatic rings. The summed E-state index contributed by atoms with van der Waals surface area (Å²) in [6.07, 6.45) is 1.60. The molecule has 0 aliphatic carbocycles. The lowest BCUT2D eigenvalue weighted by Crippen LogP contribution is -2.17. The number of methoxy groups -OCH3 is 1. The van der Waals surface area contributed by atoms with Crippen molar-refractivity contribution in [2.75, 3.05) is 13.7 Å². The van der Waals surface area contributed by atoms with Gasteiger partial charge in [0.2, 0.25) is 5.76 Å². The molecule has 1 aromatic carbocycles. The van der Waals surface area contributed by atoms with Gasteiger partial charge in [-0.1, -0.05) is 6.07 Å². The van der Waals surface area contributed by atoms with Gasteiger partial charge in [0.25, 0.3) is 11.1 Å². The second-order valence-electron chi connectivity index (χ2n) is 5.54. The van der Waals surface area contributed by atoms with Crippen molar-refractivity contribution in [1.29, 1.82) is 0 Å². The fourth-order valence-corrected chi connectivity index (χ4v) is 3.07. The number of carbonyl (C=O) groups is 3. The third kappa shape index (κ3) is 4.55. The first kappa shape index (κ1) is 19.6. The van der Waals surface area contributed by atoms with E-state index in [1.165, 1.54) is 13.2 Å². The third-order valence-electron chi connectivity index (χ3n) is 3.63. The molecule has 9 heteroatoms. The Morgan fingerprint density at radius 2 is 2.00 bits per heavy atom. The summed E-state index contributed by atoms with van der Waals surface area (Å²) in [4.78, 5) is 34.7. The molecule has 2 heterocycles. The van der Waals surface area contributed by atoms with E-state index in [0.717, 1.165) is 11.8 Å². The zero-order chi connectivity index (χ0) is 20.1. The summed E-state index contributed by atoms with van der Waals surface area (Å²) in [6.45, 7) is 2.34. The minimum Gasteiger partial charge on any atom is -0.490 e. The maximum absolute atomic E-state index is 11.7. The number of hydrogen-bond acceptors (Lipinski definition) is 8. The lowest BCUT2D eigenvalue weighted by atomic mass is 10.2. The predicted octanol–water partition coefficient (Wildman–Crippen LogP) is 3.37. The first-order valence-electron chi connectivity index (χ1n) is 8.31. The molecule has 0 spiro atoms. The van der Waals surface area contributed by atoms with Crippen LogP contribution in [0.3, 0.4) is 0 Å². The Labute approximate surface area is 164 Å². The van der Waals surface area contributed by atoms with Crippen LogP contribution >= 0.6 is 11.8 Å². The highest BCUT2D eigenvalue weighted by Gasteiger charge is 2.25. The molecule has 3 rings (SSSR count). The molecule has 28 heavy (non-hydrogen) atoms. The van der Waals surface area contributed by atoms with E-state index in [9.17, 15) is 14.4 Å². The number of thioether (sulfide) groups is 1. The van der Waals surface area contributed by atoms with Gasteiger partial charge < -0.3 is 18.6 Å². The zero-order valence-electron chi connectivity index (χ0n) is 15.1. The minimum atomic E-state index is -0.564. The Morgan fingerprint density at radius 1 is 1.18 bits per heavy atom. The molecule has 2 amide bonds. The molecule has 0 atom stereocenters. The van der Waals surface area contributed by atoms with Crippen LogP contribution in [-0.2, 0) is 16.1 Å². The van der Waals surface area contributed by atoms with Gasteiger partial charge in [-0.3, -0.25) is 14.9 Å². The van der Waals surface area contributed by atoms with Crippen LogP contribution in [0.25, 0.3) is 6.08 Å². The maximum Gasteiger partial charge on any atom is 0.373 e. The number of esters is 1. The van der Waals surface area contributed by atoms with E-state index in [-0.39, 0.29) is 12.4 Å². The van der Waals surface area contributed by atoms with Crippen molar-refractivity contribution in [3.8, 4) is 11.5 Å². The molecule has 0 bridgehead atoms. The number of hydrogen-bond donors (Lipinski definition) is 1. The number of rotatable bonds is 7. The fourth-order valence-electron chi connectivity index (χ4n) is 2.39. The Morgan fingerprint density at radius 3 is 2.68 bits per heavy atom. The first-order chi connectivity index (χ1) is 13.5. The van der Waals surface area contributed by atoms with Crippen molar-refractivity contribution < 1.29 is 33.0 Å². The lowest BCUT2D eigenvalue weighted by molar-refractivity contribution is -0.115. The van der Waals surface area contributed by atoms with Crippen LogP contribution in [-0.4, -0.2) is 30.8 Å². The van der Waals surface area contributed by atoms with Gasteiger partial charge in [-0.25, -0.2) is 4.79 Å². The molecule has 0 saturated carbocycles. The van der Waals surface area contributed by atoms with Crippen molar-refractivity contribution in [3.05, 3.63) is 52.3 Å². The smallest absolute Gasteiger partial charge is 0.373 e. The average Bonchev–Trinajstić information content (AvgIpc) is 3.27. The molecular formula is C19H17NO7S. The molecule has 1 N–H and O–H groups in total. The molecule has 0 unspecified atom stereocenters. The minimum absolute atomic E-state index is 0.0876. The fraction of sp³-hybridized carbons (Fsp3) is 0.211. The molecule has 1 saturated heterocycles. The molecule has 2 aromatic rings. The SMILES string of the molecule is CCOc1cc(/C=C2\SC(=O)NC2=O)ccc1OCc1ccc(C(=O)OC)o1. The van der Waals surface area contributed by atoms with Gasteiger partial charge in [0, 0.05) is 0 Å². The van der Waals surface area contributed by atoms with Gasteiger partial charge in [0.1, 0.15) is 12.4 Å². The summed E-state index contributed by atoms with van der Waals surface area (Å²) in [5.74, 6) is 0.506. The Hall–Kier alpha value is -3.20. The summed E-state index contributed by atoms with van der Waals surface area (Å²) in [7, 11) is 1.27. The van der Waals surface area contributed by atoms with Crippen LogP contribution in [0.15, 0.2) is 39.7 Å². The number of benzene rings is 1. The quantitative estimate of drug-likeness (QED) is 0.554.